The van der Waals surface area contributed by atoms with E-state index in [1.165, 1.54) is 77.0 Å². The molecule has 0 radical (unpaired) electrons. The summed E-state index contributed by atoms with van der Waals surface area (Å²) >= 11 is 0. The SMILES string of the molecule is C/C=C/C1CCC(C2CCC(C3CCC(C4CCC(c5ccc(OCC)c(F)c5F)CO4)CC3)CC2)CC1. The van der Waals surface area contributed by atoms with Crippen LogP contribution in [-0.2, 0) is 4.74 Å². The summed E-state index contributed by atoms with van der Waals surface area (Å²) in [5.74, 6) is 3.63. The van der Waals surface area contributed by atoms with Crippen molar-refractivity contribution in [3.63, 3.8) is 0 Å². The minimum absolute atomic E-state index is 0.000737. The van der Waals surface area contributed by atoms with Crippen LogP contribution in [0.2, 0.25) is 0 Å². The second-order valence-corrected chi connectivity index (χ2v) is 12.9. The number of rotatable bonds is 7. The lowest BCUT2D eigenvalue weighted by Crippen LogP contribution is -2.35. The first-order chi connectivity index (χ1) is 18.6. The number of halogens is 2. The summed E-state index contributed by atoms with van der Waals surface area (Å²) < 4.78 is 40.6. The van der Waals surface area contributed by atoms with Crippen LogP contribution in [0.4, 0.5) is 8.78 Å². The lowest BCUT2D eigenvalue weighted by Gasteiger charge is -2.43. The van der Waals surface area contributed by atoms with E-state index in [4.69, 9.17) is 9.47 Å². The highest BCUT2D eigenvalue weighted by Gasteiger charge is 2.37. The maximum absolute atomic E-state index is 14.7. The van der Waals surface area contributed by atoms with Crippen LogP contribution < -0.4 is 4.74 Å². The fourth-order valence-electron chi connectivity index (χ4n) is 8.67. The minimum Gasteiger partial charge on any atom is -0.491 e. The summed E-state index contributed by atoms with van der Waals surface area (Å²) in [6.45, 7) is 4.76. The minimum atomic E-state index is -0.865. The molecule has 2 unspecified atom stereocenters. The topological polar surface area (TPSA) is 18.5 Å². The summed E-state index contributed by atoms with van der Waals surface area (Å²) in [7, 11) is 0. The number of benzene rings is 1. The van der Waals surface area contributed by atoms with Crippen LogP contribution in [0.1, 0.15) is 115 Å². The Morgan fingerprint density at radius 2 is 1.29 bits per heavy atom. The lowest BCUT2D eigenvalue weighted by molar-refractivity contribution is -0.0471. The third kappa shape index (κ3) is 6.48. The van der Waals surface area contributed by atoms with Crippen LogP contribution in [0.15, 0.2) is 24.3 Å². The van der Waals surface area contributed by atoms with E-state index in [0.717, 1.165) is 42.4 Å². The van der Waals surface area contributed by atoms with Gasteiger partial charge in [0.05, 0.1) is 19.3 Å². The van der Waals surface area contributed by atoms with Gasteiger partial charge >= 0.3 is 0 Å². The Hall–Kier alpha value is -1.42. The maximum Gasteiger partial charge on any atom is 0.200 e. The van der Waals surface area contributed by atoms with Gasteiger partial charge in [0.15, 0.2) is 11.6 Å². The summed E-state index contributed by atoms with van der Waals surface area (Å²) in [5.41, 5.74) is 0.439. The monoisotopic (exact) mass is 528 g/mol. The normalized spacial score (nSPS) is 36.8. The summed E-state index contributed by atoms with van der Waals surface area (Å²) in [6.07, 6.45) is 23.7. The number of ether oxygens (including phenoxy) is 2. The van der Waals surface area contributed by atoms with Gasteiger partial charge in [0.1, 0.15) is 0 Å². The van der Waals surface area contributed by atoms with Crippen molar-refractivity contribution in [2.75, 3.05) is 13.2 Å². The van der Waals surface area contributed by atoms with E-state index < -0.39 is 11.6 Å². The van der Waals surface area contributed by atoms with Gasteiger partial charge < -0.3 is 9.47 Å². The molecule has 4 fully saturated rings. The molecule has 2 atom stereocenters. The molecule has 38 heavy (non-hydrogen) atoms. The molecular weight excluding hydrogens is 478 g/mol. The molecular formula is C34H50F2O2. The molecule has 0 amide bonds. The summed E-state index contributed by atoms with van der Waals surface area (Å²) in [6, 6.07) is 3.25. The molecule has 3 aliphatic carbocycles. The van der Waals surface area contributed by atoms with Gasteiger partial charge in [-0.25, -0.2) is 4.39 Å². The fourth-order valence-corrected chi connectivity index (χ4v) is 8.67. The second kappa shape index (κ2) is 13.3. The van der Waals surface area contributed by atoms with Crippen molar-refractivity contribution in [1.82, 2.24) is 0 Å². The van der Waals surface area contributed by atoms with Crippen LogP contribution in [0.5, 0.6) is 5.75 Å². The molecule has 1 heterocycles. The Labute approximate surface area is 229 Å². The van der Waals surface area contributed by atoms with Crippen molar-refractivity contribution in [2.45, 2.75) is 116 Å². The van der Waals surface area contributed by atoms with E-state index in [0.29, 0.717) is 24.7 Å². The summed E-state index contributed by atoms with van der Waals surface area (Å²) in [5, 5.41) is 0. The molecule has 2 nitrogen and oxygen atoms in total. The standard InChI is InChI=1S/C34H50F2O2/c1-3-5-23-6-8-24(9-7-23)25-10-12-26(13-11-25)27-14-16-28(17-15-27)31-20-18-29(22-38-31)30-19-21-32(37-4-2)34(36)33(30)35/h3,5,19,21,23-29,31H,4,6-18,20,22H2,1-2H3/b5-3+. The van der Waals surface area contributed by atoms with Crippen molar-refractivity contribution in [3.05, 3.63) is 41.5 Å². The Kier molecular flexibility index (Phi) is 9.84. The zero-order valence-electron chi connectivity index (χ0n) is 23.8. The van der Waals surface area contributed by atoms with Crippen molar-refractivity contribution in [2.24, 2.45) is 35.5 Å². The van der Waals surface area contributed by atoms with E-state index in [-0.39, 0.29) is 17.8 Å². The third-order valence-corrected chi connectivity index (χ3v) is 10.9. The largest absolute Gasteiger partial charge is 0.491 e. The van der Waals surface area contributed by atoms with Crippen LogP contribution >= 0.6 is 0 Å². The van der Waals surface area contributed by atoms with Crippen LogP contribution in [0.25, 0.3) is 0 Å². The van der Waals surface area contributed by atoms with Crippen LogP contribution in [-0.4, -0.2) is 19.3 Å². The van der Waals surface area contributed by atoms with Gasteiger partial charge in [0.25, 0.3) is 0 Å². The molecule has 4 aliphatic rings. The highest BCUT2D eigenvalue weighted by atomic mass is 19.2. The molecule has 0 aromatic heterocycles. The van der Waals surface area contributed by atoms with Gasteiger partial charge in [0, 0.05) is 5.92 Å². The van der Waals surface area contributed by atoms with Crippen molar-refractivity contribution >= 4 is 0 Å². The maximum atomic E-state index is 14.7. The molecule has 1 aromatic rings. The molecule has 0 N–H and O–H groups in total. The van der Waals surface area contributed by atoms with Crippen LogP contribution in [0, 0.1) is 47.1 Å². The van der Waals surface area contributed by atoms with E-state index in [1.807, 2.05) is 0 Å². The number of hydrogen-bond acceptors (Lipinski definition) is 2. The number of allylic oxidation sites excluding steroid dienone is 2. The molecule has 0 bridgehead atoms. The summed E-state index contributed by atoms with van der Waals surface area (Å²) in [4.78, 5) is 0. The molecule has 3 saturated carbocycles. The van der Waals surface area contributed by atoms with Gasteiger partial charge in [-0.2, -0.15) is 4.39 Å². The Morgan fingerprint density at radius 3 is 1.79 bits per heavy atom. The predicted molar refractivity (Wildman–Crippen MR) is 150 cm³/mol. The van der Waals surface area contributed by atoms with Gasteiger partial charge in [0.2, 0.25) is 5.82 Å². The fraction of sp³-hybridized carbons (Fsp3) is 0.765. The van der Waals surface area contributed by atoms with E-state index in [9.17, 15) is 8.78 Å². The van der Waals surface area contributed by atoms with E-state index in [2.05, 4.69) is 19.1 Å². The van der Waals surface area contributed by atoms with Gasteiger partial charge in [-0.05, 0) is 151 Å². The Morgan fingerprint density at radius 1 is 0.737 bits per heavy atom. The second-order valence-electron chi connectivity index (χ2n) is 12.9. The van der Waals surface area contributed by atoms with Crippen molar-refractivity contribution in [3.8, 4) is 5.75 Å². The zero-order valence-corrected chi connectivity index (χ0v) is 23.8. The first kappa shape index (κ1) is 28.1. The quantitative estimate of drug-likeness (QED) is 0.328. The zero-order chi connectivity index (χ0) is 26.5. The average Bonchev–Trinajstić information content (AvgIpc) is 2.97. The van der Waals surface area contributed by atoms with Crippen LogP contribution in [0.3, 0.4) is 0 Å². The Balaban J connectivity index is 1.03. The van der Waals surface area contributed by atoms with Crippen molar-refractivity contribution in [1.29, 1.82) is 0 Å². The van der Waals surface area contributed by atoms with Gasteiger partial charge in [-0.3, -0.25) is 0 Å². The molecule has 1 saturated heterocycles. The highest BCUT2D eigenvalue weighted by molar-refractivity contribution is 5.33. The third-order valence-electron chi connectivity index (χ3n) is 10.9. The average molecular weight is 529 g/mol. The van der Waals surface area contributed by atoms with Gasteiger partial charge in [-0.1, -0.05) is 18.2 Å². The highest BCUT2D eigenvalue weighted by Crippen LogP contribution is 2.47. The molecule has 4 heteroatoms. The number of hydrogen-bond donors (Lipinski definition) is 0. The van der Waals surface area contributed by atoms with E-state index >= 15 is 0 Å². The van der Waals surface area contributed by atoms with Gasteiger partial charge in [-0.15, -0.1) is 0 Å². The van der Waals surface area contributed by atoms with Crippen molar-refractivity contribution < 1.29 is 18.3 Å². The predicted octanol–water partition coefficient (Wildman–Crippen LogP) is 9.62. The smallest absolute Gasteiger partial charge is 0.200 e. The Bertz CT molecular complexity index is 897. The first-order valence-electron chi connectivity index (χ1n) is 15.9. The molecule has 212 valence electrons. The van der Waals surface area contributed by atoms with E-state index in [1.54, 1.807) is 19.1 Å². The lowest BCUT2D eigenvalue weighted by atomic mass is 9.64. The molecule has 5 rings (SSSR count). The molecule has 1 aromatic carbocycles. The molecule has 1 aliphatic heterocycles. The molecule has 0 spiro atoms. The first-order valence-corrected chi connectivity index (χ1v) is 15.9.